The highest BCUT2D eigenvalue weighted by Gasteiger charge is 1.95. The van der Waals surface area contributed by atoms with Gasteiger partial charge < -0.3 is 10.6 Å². The minimum atomic E-state index is 0.907. The molecule has 0 saturated heterocycles. The van der Waals surface area contributed by atoms with Gasteiger partial charge in [-0.2, -0.15) is 11.8 Å². The lowest BCUT2D eigenvalue weighted by Crippen LogP contribution is -2.04. The largest absolute Gasteiger partial charge is 0.385 e. The number of nitrogens with zero attached hydrogens (tertiary/aromatic N) is 1. The van der Waals surface area contributed by atoms with Crippen molar-refractivity contribution in [2.75, 3.05) is 35.7 Å². The van der Waals surface area contributed by atoms with E-state index in [1.165, 1.54) is 18.6 Å². The van der Waals surface area contributed by atoms with Gasteiger partial charge >= 0.3 is 0 Å². The number of unbranched alkanes of at least 4 members (excludes halogenated alkanes) is 1. The Kier molecular flexibility index (Phi) is 6.81. The van der Waals surface area contributed by atoms with E-state index in [4.69, 9.17) is 0 Å². The average Bonchev–Trinajstić information content (AvgIpc) is 2.30. The van der Waals surface area contributed by atoms with Gasteiger partial charge in [-0.05, 0) is 37.8 Å². The van der Waals surface area contributed by atoms with E-state index in [1.807, 2.05) is 24.0 Å². The van der Waals surface area contributed by atoms with Crippen LogP contribution in [-0.4, -0.2) is 30.1 Å². The molecule has 90 valence electrons. The van der Waals surface area contributed by atoms with Gasteiger partial charge in [-0.25, -0.2) is 4.98 Å². The summed E-state index contributed by atoms with van der Waals surface area (Å²) in [5, 5.41) is 6.62. The van der Waals surface area contributed by atoms with E-state index < -0.39 is 0 Å². The molecule has 16 heavy (non-hydrogen) atoms. The number of hydrogen-bond acceptors (Lipinski definition) is 4. The lowest BCUT2D eigenvalue weighted by molar-refractivity contribution is 0.843. The van der Waals surface area contributed by atoms with Gasteiger partial charge in [0.2, 0.25) is 0 Å². The molecule has 1 heterocycles. The van der Waals surface area contributed by atoms with Crippen molar-refractivity contribution in [3.8, 4) is 0 Å². The third-order valence-corrected chi connectivity index (χ3v) is 2.92. The van der Waals surface area contributed by atoms with Crippen LogP contribution in [0.4, 0.5) is 11.5 Å². The van der Waals surface area contributed by atoms with E-state index in [0.29, 0.717) is 0 Å². The first kappa shape index (κ1) is 13.2. The molecule has 1 aromatic heterocycles. The molecule has 0 aliphatic rings. The third kappa shape index (κ3) is 5.26. The maximum Gasteiger partial charge on any atom is 0.127 e. The first-order chi connectivity index (χ1) is 7.86. The van der Waals surface area contributed by atoms with E-state index in [1.54, 1.807) is 0 Å². The quantitative estimate of drug-likeness (QED) is 0.684. The fraction of sp³-hybridized carbons (Fsp3) is 0.583. The van der Waals surface area contributed by atoms with E-state index in [2.05, 4.69) is 34.9 Å². The Bertz CT molecular complexity index is 291. The fourth-order valence-electron chi connectivity index (χ4n) is 1.42. The third-order valence-electron chi connectivity index (χ3n) is 2.22. The zero-order chi connectivity index (χ0) is 11.6. The van der Waals surface area contributed by atoms with Crippen LogP contribution in [0.1, 0.15) is 19.8 Å². The van der Waals surface area contributed by atoms with Gasteiger partial charge in [-0.1, -0.05) is 0 Å². The van der Waals surface area contributed by atoms with Crippen LogP contribution in [0.3, 0.4) is 0 Å². The Hall–Kier alpha value is -0.900. The summed E-state index contributed by atoms with van der Waals surface area (Å²) >= 11 is 1.91. The summed E-state index contributed by atoms with van der Waals surface area (Å²) in [6.07, 6.45) is 6.49. The van der Waals surface area contributed by atoms with Crippen LogP contribution in [-0.2, 0) is 0 Å². The molecule has 0 spiro atoms. The SMILES string of the molecule is CCNc1cc(NCCCCSC)ccn1. The second-order valence-corrected chi connectivity index (χ2v) is 4.57. The first-order valence-electron chi connectivity index (χ1n) is 5.79. The molecule has 1 rings (SSSR count). The number of aromatic nitrogens is 1. The summed E-state index contributed by atoms with van der Waals surface area (Å²) < 4.78 is 0. The topological polar surface area (TPSA) is 37.0 Å². The molecule has 0 atom stereocenters. The molecule has 0 unspecified atom stereocenters. The normalized spacial score (nSPS) is 10.1. The van der Waals surface area contributed by atoms with Crippen molar-refractivity contribution < 1.29 is 0 Å². The van der Waals surface area contributed by atoms with Crippen molar-refractivity contribution in [1.82, 2.24) is 4.98 Å². The van der Waals surface area contributed by atoms with E-state index in [0.717, 1.165) is 24.6 Å². The van der Waals surface area contributed by atoms with Gasteiger partial charge in [0, 0.05) is 31.0 Å². The molecule has 0 aliphatic heterocycles. The van der Waals surface area contributed by atoms with Gasteiger partial charge in [0.25, 0.3) is 0 Å². The Balaban J connectivity index is 2.27. The van der Waals surface area contributed by atoms with Crippen LogP contribution >= 0.6 is 11.8 Å². The highest BCUT2D eigenvalue weighted by atomic mass is 32.2. The second kappa shape index (κ2) is 8.28. The number of pyridine rings is 1. The first-order valence-corrected chi connectivity index (χ1v) is 7.19. The maximum atomic E-state index is 4.23. The Labute approximate surface area is 102 Å². The van der Waals surface area contributed by atoms with Gasteiger partial charge in [0.15, 0.2) is 0 Å². The lowest BCUT2D eigenvalue weighted by Gasteiger charge is -2.08. The molecule has 0 fully saturated rings. The standard InChI is InChI=1S/C12H21N3S/c1-3-13-12-10-11(6-8-15-12)14-7-4-5-9-16-2/h6,8,10H,3-5,7,9H2,1-2H3,(H2,13,14,15). The summed E-state index contributed by atoms with van der Waals surface area (Å²) in [6.45, 7) is 4.02. The molecule has 1 aromatic rings. The van der Waals surface area contributed by atoms with Crippen molar-refractivity contribution in [1.29, 1.82) is 0 Å². The molecule has 0 saturated carbocycles. The van der Waals surface area contributed by atoms with Gasteiger partial charge in [0.1, 0.15) is 5.82 Å². The molecule has 0 bridgehead atoms. The summed E-state index contributed by atoms with van der Waals surface area (Å²) in [7, 11) is 0. The Morgan fingerprint density at radius 1 is 1.31 bits per heavy atom. The van der Waals surface area contributed by atoms with Gasteiger partial charge in [-0.15, -0.1) is 0 Å². The maximum absolute atomic E-state index is 4.23. The zero-order valence-corrected chi connectivity index (χ0v) is 10.9. The molecule has 0 amide bonds. The average molecular weight is 239 g/mol. The monoisotopic (exact) mass is 239 g/mol. The van der Waals surface area contributed by atoms with E-state index in [-0.39, 0.29) is 0 Å². The molecule has 0 aliphatic carbocycles. The highest BCUT2D eigenvalue weighted by molar-refractivity contribution is 7.98. The van der Waals surface area contributed by atoms with Crippen molar-refractivity contribution in [2.45, 2.75) is 19.8 Å². The van der Waals surface area contributed by atoms with Crippen LogP contribution in [0.2, 0.25) is 0 Å². The van der Waals surface area contributed by atoms with Crippen molar-refractivity contribution in [2.24, 2.45) is 0 Å². The fourth-order valence-corrected chi connectivity index (χ4v) is 1.92. The minimum absolute atomic E-state index is 0.907. The number of thioether (sulfide) groups is 1. The highest BCUT2D eigenvalue weighted by Crippen LogP contribution is 2.11. The van der Waals surface area contributed by atoms with Crippen molar-refractivity contribution >= 4 is 23.3 Å². The zero-order valence-electron chi connectivity index (χ0n) is 10.1. The van der Waals surface area contributed by atoms with Crippen LogP contribution in [0.5, 0.6) is 0 Å². The van der Waals surface area contributed by atoms with Crippen LogP contribution < -0.4 is 10.6 Å². The summed E-state index contributed by atoms with van der Waals surface area (Å²) in [6, 6.07) is 4.06. The van der Waals surface area contributed by atoms with Crippen LogP contribution in [0.25, 0.3) is 0 Å². The smallest absolute Gasteiger partial charge is 0.127 e. The molecule has 0 radical (unpaired) electrons. The molecular formula is C12H21N3S. The Morgan fingerprint density at radius 3 is 2.94 bits per heavy atom. The molecule has 4 heteroatoms. The van der Waals surface area contributed by atoms with Crippen molar-refractivity contribution in [3.05, 3.63) is 18.3 Å². The van der Waals surface area contributed by atoms with Gasteiger partial charge in [-0.3, -0.25) is 0 Å². The summed E-state index contributed by atoms with van der Waals surface area (Å²) in [5.41, 5.74) is 1.15. The predicted octanol–water partition coefficient (Wildman–Crippen LogP) is 3.07. The molecule has 2 N–H and O–H groups in total. The van der Waals surface area contributed by atoms with Gasteiger partial charge in [0.05, 0.1) is 0 Å². The van der Waals surface area contributed by atoms with Crippen molar-refractivity contribution in [3.63, 3.8) is 0 Å². The number of nitrogens with one attached hydrogen (secondary N) is 2. The number of rotatable bonds is 8. The second-order valence-electron chi connectivity index (χ2n) is 3.59. The number of hydrogen-bond donors (Lipinski definition) is 2. The predicted molar refractivity (Wildman–Crippen MR) is 74.5 cm³/mol. The van der Waals surface area contributed by atoms with E-state index >= 15 is 0 Å². The van der Waals surface area contributed by atoms with Crippen LogP contribution in [0, 0.1) is 0 Å². The molecular weight excluding hydrogens is 218 g/mol. The Morgan fingerprint density at radius 2 is 2.19 bits per heavy atom. The minimum Gasteiger partial charge on any atom is -0.385 e. The molecule has 3 nitrogen and oxygen atoms in total. The van der Waals surface area contributed by atoms with Crippen LogP contribution in [0.15, 0.2) is 18.3 Å². The summed E-state index contributed by atoms with van der Waals surface area (Å²) in [4.78, 5) is 4.23. The lowest BCUT2D eigenvalue weighted by atomic mass is 10.3. The van der Waals surface area contributed by atoms with E-state index in [9.17, 15) is 0 Å². The molecule has 0 aromatic carbocycles. The summed E-state index contributed by atoms with van der Waals surface area (Å²) in [5.74, 6) is 2.19. The number of anilines is 2.